The third-order valence-electron chi connectivity index (χ3n) is 3.81. The molecule has 3 N–H and O–H groups in total. The minimum absolute atomic E-state index is 0.00911. The lowest BCUT2D eigenvalue weighted by atomic mass is 10.0. The fourth-order valence-corrected chi connectivity index (χ4v) is 2.76. The van der Waals surface area contributed by atoms with Crippen LogP contribution in [-0.4, -0.2) is 31.6 Å². The number of rotatable bonds is 5. The van der Waals surface area contributed by atoms with Crippen LogP contribution in [0.1, 0.15) is 36.5 Å². The number of benzene rings is 1. The Labute approximate surface area is 119 Å². The number of nitrogens with two attached hydrogens (primary N) is 1. The summed E-state index contributed by atoms with van der Waals surface area (Å²) in [7, 11) is 0. The van der Waals surface area contributed by atoms with Gasteiger partial charge in [0.25, 0.3) is 5.91 Å². The van der Waals surface area contributed by atoms with E-state index in [2.05, 4.69) is 5.32 Å². The second-order valence-corrected chi connectivity index (χ2v) is 5.18. The summed E-state index contributed by atoms with van der Waals surface area (Å²) >= 11 is 0. The molecule has 1 aliphatic heterocycles. The molecule has 1 atom stereocenters. The maximum atomic E-state index is 13.8. The molecule has 0 radical (unpaired) electrons. The highest BCUT2D eigenvalue weighted by Crippen LogP contribution is 2.24. The molecule has 1 unspecified atom stereocenters. The highest BCUT2D eigenvalue weighted by molar-refractivity contribution is 5.99. The van der Waals surface area contributed by atoms with Gasteiger partial charge in [-0.2, -0.15) is 0 Å². The summed E-state index contributed by atoms with van der Waals surface area (Å²) < 4.78 is 13.8. The SMILES string of the molecule is CCN(CC1CCCCN1)c1cccc(F)c1C(N)=O. The number of carbonyl (C=O) groups is 1. The first-order chi connectivity index (χ1) is 9.63. The van der Waals surface area contributed by atoms with Gasteiger partial charge in [0.1, 0.15) is 5.82 Å². The highest BCUT2D eigenvalue weighted by atomic mass is 19.1. The molecule has 4 nitrogen and oxygen atoms in total. The molecular formula is C15H22FN3O. The van der Waals surface area contributed by atoms with E-state index in [0.29, 0.717) is 18.3 Å². The number of nitrogens with one attached hydrogen (secondary N) is 1. The summed E-state index contributed by atoms with van der Waals surface area (Å²) in [5.41, 5.74) is 5.90. The molecule has 1 heterocycles. The average Bonchev–Trinajstić information content (AvgIpc) is 2.45. The Balaban J connectivity index is 2.22. The largest absolute Gasteiger partial charge is 0.370 e. The summed E-state index contributed by atoms with van der Waals surface area (Å²) in [4.78, 5) is 13.5. The van der Waals surface area contributed by atoms with Crippen molar-refractivity contribution in [3.63, 3.8) is 0 Å². The third-order valence-corrected chi connectivity index (χ3v) is 3.81. The predicted molar refractivity (Wildman–Crippen MR) is 78.4 cm³/mol. The van der Waals surface area contributed by atoms with Gasteiger partial charge in [0, 0.05) is 19.1 Å². The van der Waals surface area contributed by atoms with E-state index >= 15 is 0 Å². The number of hydrogen-bond acceptors (Lipinski definition) is 3. The molecule has 1 aromatic carbocycles. The number of carbonyl (C=O) groups excluding carboxylic acids is 1. The van der Waals surface area contributed by atoms with Gasteiger partial charge < -0.3 is 16.0 Å². The van der Waals surface area contributed by atoms with Crippen molar-refractivity contribution in [1.82, 2.24) is 5.32 Å². The van der Waals surface area contributed by atoms with Crippen molar-refractivity contribution in [2.45, 2.75) is 32.2 Å². The number of piperidine rings is 1. The molecule has 2 rings (SSSR count). The number of primary amides is 1. The van der Waals surface area contributed by atoms with Crippen LogP contribution in [0, 0.1) is 5.82 Å². The van der Waals surface area contributed by atoms with Crippen LogP contribution in [-0.2, 0) is 0 Å². The van der Waals surface area contributed by atoms with Crippen LogP contribution in [0.25, 0.3) is 0 Å². The monoisotopic (exact) mass is 279 g/mol. The Morgan fingerprint density at radius 1 is 1.50 bits per heavy atom. The van der Waals surface area contributed by atoms with Crippen molar-refractivity contribution in [2.75, 3.05) is 24.5 Å². The normalized spacial score (nSPS) is 18.8. The summed E-state index contributed by atoms with van der Waals surface area (Å²) in [5.74, 6) is -1.27. The summed E-state index contributed by atoms with van der Waals surface area (Å²) in [6.07, 6.45) is 3.52. The van der Waals surface area contributed by atoms with Crippen molar-refractivity contribution in [2.24, 2.45) is 5.73 Å². The Morgan fingerprint density at radius 2 is 2.30 bits per heavy atom. The highest BCUT2D eigenvalue weighted by Gasteiger charge is 2.21. The van der Waals surface area contributed by atoms with Crippen LogP contribution in [0.5, 0.6) is 0 Å². The topological polar surface area (TPSA) is 58.4 Å². The number of halogens is 1. The van der Waals surface area contributed by atoms with E-state index in [1.807, 2.05) is 11.8 Å². The molecule has 0 aromatic heterocycles. The number of anilines is 1. The van der Waals surface area contributed by atoms with Gasteiger partial charge in [-0.05, 0) is 38.4 Å². The number of likely N-dealkylation sites (N-methyl/N-ethyl adjacent to an activating group) is 1. The van der Waals surface area contributed by atoms with Crippen molar-refractivity contribution in [1.29, 1.82) is 0 Å². The lowest BCUT2D eigenvalue weighted by Crippen LogP contribution is -2.44. The second kappa shape index (κ2) is 6.70. The zero-order valence-corrected chi connectivity index (χ0v) is 11.9. The molecule has 1 saturated heterocycles. The first-order valence-electron chi connectivity index (χ1n) is 7.20. The summed E-state index contributed by atoms with van der Waals surface area (Å²) in [6.45, 7) is 4.49. The molecule has 1 aromatic rings. The fraction of sp³-hybridized carbons (Fsp3) is 0.533. The van der Waals surface area contributed by atoms with Gasteiger partial charge >= 0.3 is 0 Å². The van der Waals surface area contributed by atoms with Crippen molar-refractivity contribution in [3.8, 4) is 0 Å². The van der Waals surface area contributed by atoms with Gasteiger partial charge in [-0.1, -0.05) is 12.5 Å². The molecule has 0 saturated carbocycles. The summed E-state index contributed by atoms with van der Waals surface area (Å²) in [5, 5.41) is 3.47. The minimum atomic E-state index is -0.715. The molecule has 1 fully saturated rings. The molecule has 110 valence electrons. The first kappa shape index (κ1) is 14.8. The maximum absolute atomic E-state index is 13.8. The number of nitrogens with zero attached hydrogens (tertiary/aromatic N) is 1. The fourth-order valence-electron chi connectivity index (χ4n) is 2.76. The van der Waals surface area contributed by atoms with Gasteiger partial charge in [0.05, 0.1) is 11.3 Å². The molecule has 0 bridgehead atoms. The van der Waals surface area contributed by atoms with Crippen molar-refractivity contribution in [3.05, 3.63) is 29.6 Å². The van der Waals surface area contributed by atoms with E-state index in [9.17, 15) is 9.18 Å². The zero-order valence-electron chi connectivity index (χ0n) is 11.9. The van der Waals surface area contributed by atoms with E-state index in [4.69, 9.17) is 5.73 Å². The van der Waals surface area contributed by atoms with E-state index in [0.717, 1.165) is 19.5 Å². The van der Waals surface area contributed by atoms with Crippen LogP contribution in [0.4, 0.5) is 10.1 Å². The molecule has 1 amide bonds. The van der Waals surface area contributed by atoms with Gasteiger partial charge in [0.15, 0.2) is 0 Å². The summed E-state index contributed by atoms with van der Waals surface area (Å²) in [6, 6.07) is 5.03. The Kier molecular flexibility index (Phi) is 4.95. The number of hydrogen-bond donors (Lipinski definition) is 2. The van der Waals surface area contributed by atoms with Crippen LogP contribution in [0.15, 0.2) is 18.2 Å². The Bertz CT molecular complexity index is 472. The minimum Gasteiger partial charge on any atom is -0.370 e. The van der Waals surface area contributed by atoms with Gasteiger partial charge in [0.2, 0.25) is 0 Å². The van der Waals surface area contributed by atoms with E-state index < -0.39 is 11.7 Å². The predicted octanol–water partition coefficient (Wildman–Crippen LogP) is 1.89. The molecule has 5 heteroatoms. The van der Waals surface area contributed by atoms with Crippen LogP contribution < -0.4 is 16.0 Å². The molecule has 1 aliphatic rings. The van der Waals surface area contributed by atoms with E-state index in [1.165, 1.54) is 18.9 Å². The average molecular weight is 279 g/mol. The zero-order chi connectivity index (χ0) is 14.5. The quantitative estimate of drug-likeness (QED) is 0.865. The van der Waals surface area contributed by atoms with Gasteiger partial charge in [-0.15, -0.1) is 0 Å². The van der Waals surface area contributed by atoms with Gasteiger partial charge in [-0.3, -0.25) is 4.79 Å². The molecule has 0 aliphatic carbocycles. The molecule has 20 heavy (non-hydrogen) atoms. The van der Waals surface area contributed by atoms with E-state index in [1.54, 1.807) is 12.1 Å². The lowest BCUT2D eigenvalue weighted by molar-refractivity contribution is 0.0997. The molecule has 0 spiro atoms. The van der Waals surface area contributed by atoms with Crippen molar-refractivity contribution < 1.29 is 9.18 Å². The Morgan fingerprint density at radius 3 is 2.90 bits per heavy atom. The standard InChI is InChI=1S/C15H22FN3O/c1-2-19(10-11-6-3-4-9-18-11)13-8-5-7-12(16)14(13)15(17)20/h5,7-8,11,18H,2-4,6,9-10H2,1H3,(H2,17,20). The van der Waals surface area contributed by atoms with E-state index in [-0.39, 0.29) is 5.56 Å². The van der Waals surface area contributed by atoms with Crippen LogP contribution >= 0.6 is 0 Å². The van der Waals surface area contributed by atoms with Crippen LogP contribution in [0.3, 0.4) is 0 Å². The van der Waals surface area contributed by atoms with Crippen LogP contribution in [0.2, 0.25) is 0 Å². The lowest BCUT2D eigenvalue weighted by Gasteiger charge is -2.32. The molecular weight excluding hydrogens is 257 g/mol. The van der Waals surface area contributed by atoms with Crippen molar-refractivity contribution >= 4 is 11.6 Å². The second-order valence-electron chi connectivity index (χ2n) is 5.18. The Hall–Kier alpha value is -1.62. The smallest absolute Gasteiger partial charge is 0.253 e. The maximum Gasteiger partial charge on any atom is 0.253 e. The number of amides is 1. The third kappa shape index (κ3) is 3.28. The van der Waals surface area contributed by atoms with Gasteiger partial charge in [-0.25, -0.2) is 4.39 Å². The first-order valence-corrected chi connectivity index (χ1v) is 7.20.